The molecular formula is C25H30N4O5. The van der Waals surface area contributed by atoms with Gasteiger partial charge in [0.05, 0.1) is 36.6 Å². The number of fused-ring (bicyclic) bond motifs is 1. The Bertz CT molecular complexity index is 1340. The van der Waals surface area contributed by atoms with Crippen molar-refractivity contribution in [1.29, 1.82) is 0 Å². The summed E-state index contributed by atoms with van der Waals surface area (Å²) in [5.74, 6) is 1.30. The second kappa shape index (κ2) is 9.24. The number of amides is 1. The minimum absolute atomic E-state index is 0.335. The molecule has 34 heavy (non-hydrogen) atoms. The van der Waals surface area contributed by atoms with E-state index in [2.05, 4.69) is 17.1 Å². The summed E-state index contributed by atoms with van der Waals surface area (Å²) in [5.41, 5.74) is 1.74. The summed E-state index contributed by atoms with van der Waals surface area (Å²) in [7, 11) is 6.21. The highest BCUT2D eigenvalue weighted by Gasteiger charge is 2.22. The molecule has 1 saturated heterocycles. The Labute approximate surface area is 197 Å². The SMILES string of the molecule is COc1cc(OC)cc(C(=O)Nc2cc3c(cc2N2CCC(C)CC2)n(C)c(=O)c(=O)n3C)c1. The highest BCUT2D eigenvalue weighted by molar-refractivity contribution is 6.07. The molecule has 0 radical (unpaired) electrons. The summed E-state index contributed by atoms with van der Waals surface area (Å²) >= 11 is 0. The number of anilines is 2. The fourth-order valence-corrected chi connectivity index (χ4v) is 4.35. The molecule has 0 bridgehead atoms. The first-order valence-electron chi connectivity index (χ1n) is 11.3. The Morgan fingerprint density at radius 2 is 1.41 bits per heavy atom. The van der Waals surface area contributed by atoms with Gasteiger partial charge >= 0.3 is 11.1 Å². The Hall–Kier alpha value is -3.75. The maximum Gasteiger partial charge on any atom is 0.316 e. The van der Waals surface area contributed by atoms with Crippen LogP contribution in [0.3, 0.4) is 0 Å². The number of nitrogens with zero attached hydrogens (tertiary/aromatic N) is 3. The molecule has 9 heteroatoms. The number of aromatic nitrogens is 2. The van der Waals surface area contributed by atoms with Crippen molar-refractivity contribution in [3.05, 3.63) is 56.6 Å². The first-order chi connectivity index (χ1) is 16.2. The van der Waals surface area contributed by atoms with Gasteiger partial charge in [-0.25, -0.2) is 0 Å². The van der Waals surface area contributed by atoms with Gasteiger partial charge in [0.15, 0.2) is 0 Å². The highest BCUT2D eigenvalue weighted by Crippen LogP contribution is 2.34. The average Bonchev–Trinajstić information content (AvgIpc) is 2.86. The standard InChI is InChI=1S/C25H30N4O5/c1-15-6-8-29(9-7-15)20-14-22-21(27(2)24(31)25(32)28(22)3)13-19(20)26-23(30)16-10-17(33-4)12-18(11-16)34-5/h10-15H,6-9H2,1-5H3,(H,26,30). The first-order valence-corrected chi connectivity index (χ1v) is 11.3. The second-order valence-corrected chi connectivity index (χ2v) is 8.81. The van der Waals surface area contributed by atoms with Crippen molar-refractivity contribution in [2.24, 2.45) is 20.0 Å². The smallest absolute Gasteiger partial charge is 0.316 e. The predicted molar refractivity (Wildman–Crippen MR) is 133 cm³/mol. The van der Waals surface area contributed by atoms with Crippen LogP contribution in [0, 0.1) is 5.92 Å². The van der Waals surface area contributed by atoms with Crippen molar-refractivity contribution in [1.82, 2.24) is 9.13 Å². The van der Waals surface area contributed by atoms with Gasteiger partial charge in [0.2, 0.25) is 0 Å². The topological polar surface area (TPSA) is 94.8 Å². The molecule has 0 spiro atoms. The quantitative estimate of drug-likeness (QED) is 0.581. The van der Waals surface area contributed by atoms with E-state index < -0.39 is 11.1 Å². The van der Waals surface area contributed by atoms with Gasteiger partial charge in [-0.3, -0.25) is 14.4 Å². The van der Waals surface area contributed by atoms with Crippen molar-refractivity contribution in [2.45, 2.75) is 19.8 Å². The number of aryl methyl sites for hydroxylation is 2. The molecule has 1 fully saturated rings. The zero-order chi connectivity index (χ0) is 24.6. The summed E-state index contributed by atoms with van der Waals surface area (Å²) < 4.78 is 13.3. The van der Waals surface area contributed by atoms with Gasteiger partial charge in [0, 0.05) is 38.8 Å². The largest absolute Gasteiger partial charge is 0.497 e. The third-order valence-electron chi connectivity index (χ3n) is 6.59. The van der Waals surface area contributed by atoms with E-state index >= 15 is 0 Å². The van der Waals surface area contributed by atoms with E-state index in [1.807, 2.05) is 6.07 Å². The van der Waals surface area contributed by atoms with Crippen LogP contribution in [-0.2, 0) is 14.1 Å². The van der Waals surface area contributed by atoms with Crippen LogP contribution in [0.1, 0.15) is 30.1 Å². The minimum Gasteiger partial charge on any atom is -0.497 e. The van der Waals surface area contributed by atoms with E-state index in [1.54, 1.807) is 38.4 Å². The minimum atomic E-state index is -0.621. The number of rotatable bonds is 5. The third kappa shape index (κ3) is 4.25. The van der Waals surface area contributed by atoms with Gasteiger partial charge in [-0.1, -0.05) is 6.92 Å². The summed E-state index contributed by atoms with van der Waals surface area (Å²) in [6.45, 7) is 3.90. The van der Waals surface area contributed by atoms with E-state index in [9.17, 15) is 14.4 Å². The van der Waals surface area contributed by atoms with E-state index in [0.29, 0.717) is 39.7 Å². The molecule has 2 heterocycles. The zero-order valence-corrected chi connectivity index (χ0v) is 20.2. The molecule has 1 aliphatic rings. The van der Waals surface area contributed by atoms with Gasteiger partial charge in [-0.2, -0.15) is 0 Å². The summed E-state index contributed by atoms with van der Waals surface area (Å²) in [4.78, 5) is 40.4. The van der Waals surface area contributed by atoms with Crippen LogP contribution in [0.2, 0.25) is 0 Å². The number of nitrogens with one attached hydrogen (secondary N) is 1. The molecule has 1 amide bonds. The molecule has 0 aliphatic carbocycles. The van der Waals surface area contributed by atoms with Crippen LogP contribution >= 0.6 is 0 Å². The zero-order valence-electron chi connectivity index (χ0n) is 20.2. The lowest BCUT2D eigenvalue weighted by Crippen LogP contribution is -2.39. The number of methoxy groups -OCH3 is 2. The fourth-order valence-electron chi connectivity index (χ4n) is 4.35. The number of ether oxygens (including phenoxy) is 2. The monoisotopic (exact) mass is 466 g/mol. The Balaban J connectivity index is 1.85. The molecule has 9 nitrogen and oxygen atoms in total. The van der Waals surface area contributed by atoms with Gasteiger partial charge in [0.25, 0.3) is 5.91 Å². The van der Waals surface area contributed by atoms with Crippen LogP contribution in [0.25, 0.3) is 11.0 Å². The van der Waals surface area contributed by atoms with Crippen LogP contribution in [0.4, 0.5) is 11.4 Å². The maximum atomic E-state index is 13.3. The molecule has 4 rings (SSSR count). The van der Waals surface area contributed by atoms with Crippen LogP contribution in [0.15, 0.2) is 39.9 Å². The van der Waals surface area contributed by atoms with E-state index in [-0.39, 0.29) is 5.91 Å². The van der Waals surface area contributed by atoms with E-state index in [4.69, 9.17) is 9.47 Å². The molecule has 1 N–H and O–H groups in total. The third-order valence-corrected chi connectivity index (χ3v) is 6.59. The molecule has 0 atom stereocenters. The number of benzene rings is 2. The molecule has 2 aromatic carbocycles. The van der Waals surface area contributed by atoms with Crippen LogP contribution in [0.5, 0.6) is 11.5 Å². The second-order valence-electron chi connectivity index (χ2n) is 8.81. The summed E-state index contributed by atoms with van der Waals surface area (Å²) in [6, 6.07) is 8.62. The molecule has 0 unspecified atom stereocenters. The lowest BCUT2D eigenvalue weighted by Gasteiger charge is -2.34. The maximum absolute atomic E-state index is 13.3. The number of hydrogen-bond acceptors (Lipinski definition) is 6. The van der Waals surface area contributed by atoms with Crippen molar-refractivity contribution < 1.29 is 14.3 Å². The number of carbonyl (C=O) groups is 1. The van der Waals surface area contributed by atoms with Gasteiger partial charge in [-0.05, 0) is 43.0 Å². The Kier molecular flexibility index (Phi) is 6.37. The Morgan fingerprint density at radius 3 is 1.94 bits per heavy atom. The highest BCUT2D eigenvalue weighted by atomic mass is 16.5. The molecule has 3 aromatic rings. The molecule has 180 valence electrons. The van der Waals surface area contributed by atoms with Gasteiger partial charge < -0.3 is 28.8 Å². The Morgan fingerprint density at radius 1 is 0.882 bits per heavy atom. The molecular weight excluding hydrogens is 436 g/mol. The lowest BCUT2D eigenvalue weighted by molar-refractivity contribution is 0.102. The fraction of sp³-hybridized carbons (Fsp3) is 0.400. The molecule has 0 saturated carbocycles. The number of piperidine rings is 1. The number of hydrogen-bond donors (Lipinski definition) is 1. The van der Waals surface area contributed by atoms with Gasteiger partial charge in [0.1, 0.15) is 11.5 Å². The van der Waals surface area contributed by atoms with E-state index in [1.165, 1.54) is 23.4 Å². The van der Waals surface area contributed by atoms with Crippen molar-refractivity contribution in [3.63, 3.8) is 0 Å². The van der Waals surface area contributed by atoms with E-state index in [0.717, 1.165) is 31.6 Å². The lowest BCUT2D eigenvalue weighted by atomic mass is 9.98. The van der Waals surface area contributed by atoms with Gasteiger partial charge in [-0.15, -0.1) is 0 Å². The summed E-state index contributed by atoms with van der Waals surface area (Å²) in [6.07, 6.45) is 2.06. The van der Waals surface area contributed by atoms with Crippen molar-refractivity contribution >= 4 is 28.3 Å². The molecule has 1 aliphatic heterocycles. The van der Waals surface area contributed by atoms with Crippen LogP contribution in [-0.4, -0.2) is 42.4 Å². The average molecular weight is 467 g/mol. The van der Waals surface area contributed by atoms with Crippen molar-refractivity contribution in [2.75, 3.05) is 37.5 Å². The summed E-state index contributed by atoms with van der Waals surface area (Å²) in [5, 5.41) is 3.02. The number of carbonyl (C=O) groups excluding carboxylic acids is 1. The van der Waals surface area contributed by atoms with Crippen LogP contribution < -0.4 is 30.8 Å². The normalized spacial score (nSPS) is 14.3. The predicted octanol–water partition coefficient (Wildman–Crippen LogP) is 2.74. The van der Waals surface area contributed by atoms with Crippen molar-refractivity contribution in [3.8, 4) is 11.5 Å². The first kappa shape index (κ1) is 23.4. The molecule has 1 aromatic heterocycles.